The van der Waals surface area contributed by atoms with Crippen molar-refractivity contribution in [3.8, 4) is 11.1 Å². The van der Waals surface area contributed by atoms with Crippen LogP contribution in [0.15, 0.2) is 42.5 Å². The Balaban J connectivity index is 1.47. The summed E-state index contributed by atoms with van der Waals surface area (Å²) in [5.41, 5.74) is 4.70. The highest BCUT2D eigenvalue weighted by molar-refractivity contribution is 7.91. The number of nitrogens with one attached hydrogen (secondary N) is 1. The largest absolute Gasteiger partial charge is 0.348 e. The van der Waals surface area contributed by atoms with Crippen molar-refractivity contribution in [1.82, 2.24) is 5.32 Å². The van der Waals surface area contributed by atoms with Crippen molar-refractivity contribution < 1.29 is 18.0 Å². The molecule has 29 heavy (non-hydrogen) atoms. The molecule has 2 aromatic carbocycles. The molecule has 1 saturated heterocycles. The Hall–Kier alpha value is -2.67. The van der Waals surface area contributed by atoms with Crippen LogP contribution in [-0.4, -0.2) is 44.3 Å². The molecule has 2 aromatic rings. The van der Waals surface area contributed by atoms with Crippen molar-refractivity contribution in [2.24, 2.45) is 0 Å². The van der Waals surface area contributed by atoms with Crippen LogP contribution in [0, 0.1) is 0 Å². The first-order valence-electron chi connectivity index (χ1n) is 9.91. The molecule has 1 N–H and O–H groups in total. The van der Waals surface area contributed by atoms with Crippen LogP contribution in [0.2, 0.25) is 0 Å². The zero-order valence-electron chi connectivity index (χ0n) is 16.3. The van der Waals surface area contributed by atoms with Crippen LogP contribution in [0.5, 0.6) is 0 Å². The number of hydrogen-bond acceptors (Lipinski definition) is 4. The van der Waals surface area contributed by atoms with Gasteiger partial charge >= 0.3 is 0 Å². The molecule has 4 rings (SSSR count). The quantitative estimate of drug-likeness (QED) is 0.837. The molecule has 2 aliphatic rings. The third kappa shape index (κ3) is 4.05. The predicted octanol–water partition coefficient (Wildman–Crippen LogP) is 2.57. The normalized spacial score (nSPS) is 19.8. The number of fused-ring (bicyclic) bond motifs is 1. The Morgan fingerprint density at radius 3 is 2.48 bits per heavy atom. The molecular weight excluding hydrogens is 388 g/mol. The summed E-state index contributed by atoms with van der Waals surface area (Å²) in [7, 11) is -3.02. The van der Waals surface area contributed by atoms with Gasteiger partial charge in [-0.25, -0.2) is 8.42 Å². The molecule has 0 spiro atoms. The predicted molar refractivity (Wildman–Crippen MR) is 113 cm³/mol. The van der Waals surface area contributed by atoms with E-state index in [1.165, 1.54) is 0 Å². The molecule has 2 aliphatic heterocycles. The van der Waals surface area contributed by atoms with Crippen molar-refractivity contribution in [3.63, 3.8) is 0 Å². The van der Waals surface area contributed by atoms with E-state index in [0.29, 0.717) is 18.4 Å². The number of anilines is 1. The molecule has 7 heteroatoms. The van der Waals surface area contributed by atoms with E-state index in [1.54, 1.807) is 12.1 Å². The number of amides is 2. The summed E-state index contributed by atoms with van der Waals surface area (Å²) in [5, 5.41) is 2.81. The van der Waals surface area contributed by atoms with Gasteiger partial charge in [0.15, 0.2) is 9.84 Å². The number of hydrogen-bond donors (Lipinski definition) is 1. The van der Waals surface area contributed by atoms with Crippen LogP contribution < -0.4 is 10.2 Å². The molecule has 1 atom stereocenters. The highest BCUT2D eigenvalue weighted by atomic mass is 32.2. The lowest BCUT2D eigenvalue weighted by molar-refractivity contribution is -0.118. The molecule has 1 fully saturated rings. The second-order valence-corrected chi connectivity index (χ2v) is 9.87. The van der Waals surface area contributed by atoms with Gasteiger partial charge in [-0.2, -0.15) is 0 Å². The van der Waals surface area contributed by atoms with E-state index in [1.807, 2.05) is 36.1 Å². The first-order chi connectivity index (χ1) is 13.9. The van der Waals surface area contributed by atoms with Gasteiger partial charge in [0.2, 0.25) is 5.91 Å². The molecule has 0 bridgehead atoms. The Morgan fingerprint density at radius 1 is 1.10 bits per heavy atom. The van der Waals surface area contributed by atoms with E-state index in [-0.39, 0.29) is 29.4 Å². The summed E-state index contributed by atoms with van der Waals surface area (Å²) in [6.07, 6.45) is 1.82. The lowest BCUT2D eigenvalue weighted by atomic mass is 10.0. The van der Waals surface area contributed by atoms with E-state index in [0.717, 1.165) is 35.3 Å². The van der Waals surface area contributed by atoms with Gasteiger partial charge in [-0.05, 0) is 53.8 Å². The zero-order valence-corrected chi connectivity index (χ0v) is 17.2. The molecule has 0 saturated carbocycles. The average Bonchev–Trinajstić information content (AvgIpc) is 3.29. The summed E-state index contributed by atoms with van der Waals surface area (Å²) >= 11 is 0. The van der Waals surface area contributed by atoms with E-state index < -0.39 is 9.84 Å². The summed E-state index contributed by atoms with van der Waals surface area (Å²) < 4.78 is 23.1. The van der Waals surface area contributed by atoms with Crippen molar-refractivity contribution in [1.29, 1.82) is 0 Å². The lowest BCUT2D eigenvalue weighted by Crippen LogP contribution is -2.35. The van der Waals surface area contributed by atoms with Crippen LogP contribution in [0.25, 0.3) is 11.1 Å². The Morgan fingerprint density at radius 2 is 1.83 bits per heavy atom. The highest BCUT2D eigenvalue weighted by Gasteiger charge is 2.29. The van der Waals surface area contributed by atoms with Crippen LogP contribution in [-0.2, 0) is 21.1 Å². The smallest absolute Gasteiger partial charge is 0.251 e. The van der Waals surface area contributed by atoms with Gasteiger partial charge < -0.3 is 10.2 Å². The molecule has 0 aliphatic carbocycles. The molecular formula is C22H24N2O4S. The minimum absolute atomic E-state index is 0.0174. The number of nitrogens with zero attached hydrogens (tertiary/aromatic N) is 1. The second-order valence-electron chi connectivity index (χ2n) is 7.64. The van der Waals surface area contributed by atoms with E-state index in [4.69, 9.17) is 0 Å². The first kappa shape index (κ1) is 19.6. The average molecular weight is 413 g/mol. The fraction of sp³-hybridized carbons (Fsp3) is 0.364. The maximum absolute atomic E-state index is 12.4. The minimum atomic E-state index is -3.02. The maximum atomic E-state index is 12.4. The summed E-state index contributed by atoms with van der Waals surface area (Å²) in [4.78, 5) is 26.3. The van der Waals surface area contributed by atoms with Gasteiger partial charge in [0.1, 0.15) is 0 Å². The summed E-state index contributed by atoms with van der Waals surface area (Å²) in [6, 6.07) is 13.1. The van der Waals surface area contributed by atoms with Crippen molar-refractivity contribution in [2.75, 3.05) is 23.0 Å². The Bertz CT molecular complexity index is 1060. The summed E-state index contributed by atoms with van der Waals surface area (Å²) in [6.45, 7) is 2.60. The standard InChI is InChI=1S/C22H24N2O4S/c1-2-21(25)24-11-9-18-13-17(7-8-20(18)24)15-3-5-16(6-4-15)22(26)23-19-10-12-29(27,28)14-19/h3-8,13,19H,2,9-12,14H2,1H3,(H,23,26). The Labute approximate surface area is 170 Å². The summed E-state index contributed by atoms with van der Waals surface area (Å²) in [5.74, 6) is 0.0447. The second kappa shape index (κ2) is 7.63. The number of carbonyl (C=O) groups excluding carboxylic acids is 2. The third-order valence-electron chi connectivity index (χ3n) is 5.63. The van der Waals surface area contributed by atoms with E-state index >= 15 is 0 Å². The van der Waals surface area contributed by atoms with Crippen molar-refractivity contribution >= 4 is 27.3 Å². The molecule has 6 nitrogen and oxygen atoms in total. The molecule has 152 valence electrons. The molecule has 0 aromatic heterocycles. The maximum Gasteiger partial charge on any atom is 0.251 e. The van der Waals surface area contributed by atoms with Gasteiger partial charge in [0, 0.05) is 30.3 Å². The third-order valence-corrected chi connectivity index (χ3v) is 7.39. The zero-order chi connectivity index (χ0) is 20.6. The van der Waals surface area contributed by atoms with Gasteiger partial charge in [-0.15, -0.1) is 0 Å². The molecule has 2 heterocycles. The number of sulfone groups is 1. The molecule has 2 amide bonds. The molecule has 1 unspecified atom stereocenters. The first-order valence-corrected chi connectivity index (χ1v) is 11.7. The van der Waals surface area contributed by atoms with Gasteiger partial charge in [-0.1, -0.05) is 25.1 Å². The number of carbonyl (C=O) groups is 2. The van der Waals surface area contributed by atoms with E-state index in [9.17, 15) is 18.0 Å². The number of benzene rings is 2. The highest BCUT2D eigenvalue weighted by Crippen LogP contribution is 2.32. The Kier molecular flexibility index (Phi) is 5.17. The van der Waals surface area contributed by atoms with Crippen LogP contribution >= 0.6 is 0 Å². The fourth-order valence-corrected chi connectivity index (χ4v) is 5.70. The SMILES string of the molecule is CCC(=O)N1CCc2cc(-c3ccc(C(=O)NC4CCS(=O)(=O)C4)cc3)ccc21. The topological polar surface area (TPSA) is 83.6 Å². The van der Waals surface area contributed by atoms with Gasteiger partial charge in [0.05, 0.1) is 11.5 Å². The van der Waals surface area contributed by atoms with Crippen molar-refractivity contribution in [3.05, 3.63) is 53.6 Å². The monoisotopic (exact) mass is 412 g/mol. The number of rotatable bonds is 4. The van der Waals surface area contributed by atoms with Crippen LogP contribution in [0.3, 0.4) is 0 Å². The molecule has 0 radical (unpaired) electrons. The van der Waals surface area contributed by atoms with Crippen molar-refractivity contribution in [2.45, 2.75) is 32.2 Å². The minimum Gasteiger partial charge on any atom is -0.348 e. The lowest BCUT2D eigenvalue weighted by Gasteiger charge is -2.16. The van der Waals surface area contributed by atoms with Crippen LogP contribution in [0.1, 0.15) is 35.7 Å². The van der Waals surface area contributed by atoms with E-state index in [2.05, 4.69) is 11.4 Å². The van der Waals surface area contributed by atoms with Crippen LogP contribution in [0.4, 0.5) is 5.69 Å². The fourth-order valence-electron chi connectivity index (χ4n) is 4.02. The van der Waals surface area contributed by atoms with Gasteiger partial charge in [0.25, 0.3) is 5.91 Å². The van der Waals surface area contributed by atoms with Gasteiger partial charge in [-0.3, -0.25) is 9.59 Å².